The number of nitrogens with zero attached hydrogens (tertiary/aromatic N) is 1. The lowest BCUT2D eigenvalue weighted by Crippen LogP contribution is -2.50. The van der Waals surface area contributed by atoms with Crippen LogP contribution in [0, 0.1) is 17.5 Å². The third-order valence-corrected chi connectivity index (χ3v) is 2.80. The third-order valence-electron chi connectivity index (χ3n) is 2.80. The molecule has 88 valence electrons. The topological polar surface area (TPSA) is 15.3 Å². The van der Waals surface area contributed by atoms with Gasteiger partial charge in [-0.15, -0.1) is 0 Å². The first-order chi connectivity index (χ1) is 7.59. The normalized spacial score (nSPS) is 21.2. The first-order valence-electron chi connectivity index (χ1n) is 5.21. The Balaban J connectivity index is 2.35. The van der Waals surface area contributed by atoms with Crippen LogP contribution in [0.4, 0.5) is 18.9 Å². The maximum atomic E-state index is 13.5. The highest BCUT2D eigenvalue weighted by molar-refractivity contribution is 5.49. The van der Waals surface area contributed by atoms with Gasteiger partial charge in [0.2, 0.25) is 0 Å². The number of piperazine rings is 1. The predicted octanol–water partition coefficient (Wildman–Crippen LogP) is 1.90. The van der Waals surface area contributed by atoms with E-state index < -0.39 is 17.5 Å². The minimum absolute atomic E-state index is 0.0631. The minimum atomic E-state index is -1.15. The largest absolute Gasteiger partial charge is 0.364 e. The molecule has 2 nitrogen and oxygen atoms in total. The van der Waals surface area contributed by atoms with Gasteiger partial charge in [-0.05, 0) is 6.92 Å². The fraction of sp³-hybridized carbons (Fsp3) is 0.455. The summed E-state index contributed by atoms with van der Waals surface area (Å²) < 4.78 is 39.4. The fourth-order valence-electron chi connectivity index (χ4n) is 1.93. The lowest BCUT2D eigenvalue weighted by atomic mass is 10.1. The summed E-state index contributed by atoms with van der Waals surface area (Å²) in [6.45, 7) is 3.91. The zero-order valence-electron chi connectivity index (χ0n) is 8.93. The van der Waals surface area contributed by atoms with Crippen molar-refractivity contribution in [3.05, 3.63) is 29.6 Å². The molecule has 1 fully saturated rings. The highest BCUT2D eigenvalue weighted by Gasteiger charge is 2.22. The summed E-state index contributed by atoms with van der Waals surface area (Å²) in [4.78, 5) is 1.74. The van der Waals surface area contributed by atoms with E-state index in [9.17, 15) is 13.2 Å². The molecule has 0 bridgehead atoms. The number of benzene rings is 1. The average Bonchev–Trinajstić information content (AvgIpc) is 2.25. The molecule has 0 radical (unpaired) electrons. The molecule has 1 heterocycles. The van der Waals surface area contributed by atoms with E-state index in [-0.39, 0.29) is 11.7 Å². The second kappa shape index (κ2) is 4.33. The maximum absolute atomic E-state index is 13.5. The molecule has 0 aliphatic carbocycles. The number of hydrogen-bond donors (Lipinski definition) is 1. The first-order valence-corrected chi connectivity index (χ1v) is 5.21. The van der Waals surface area contributed by atoms with Crippen LogP contribution in [0.25, 0.3) is 0 Å². The van der Waals surface area contributed by atoms with Crippen molar-refractivity contribution in [3.63, 3.8) is 0 Å². The summed E-state index contributed by atoms with van der Waals surface area (Å²) in [6, 6.07) is 1.58. The first kappa shape index (κ1) is 11.3. The Hall–Kier alpha value is -1.23. The Kier molecular flexibility index (Phi) is 3.05. The molecule has 0 aromatic heterocycles. The van der Waals surface area contributed by atoms with Crippen molar-refractivity contribution in [1.29, 1.82) is 0 Å². The molecule has 1 aromatic carbocycles. The molecule has 0 spiro atoms. The van der Waals surface area contributed by atoms with Crippen LogP contribution in [0.5, 0.6) is 0 Å². The molecular formula is C11H13F3N2. The Morgan fingerprint density at radius 2 is 1.88 bits per heavy atom. The van der Waals surface area contributed by atoms with E-state index in [1.165, 1.54) is 0 Å². The SMILES string of the molecule is CC1CNCCN1c1cc(F)c(F)cc1F. The lowest BCUT2D eigenvalue weighted by Gasteiger charge is -2.36. The van der Waals surface area contributed by atoms with E-state index in [1.807, 2.05) is 6.92 Å². The Morgan fingerprint density at radius 1 is 1.19 bits per heavy atom. The van der Waals surface area contributed by atoms with Crippen LogP contribution >= 0.6 is 0 Å². The molecule has 0 saturated carbocycles. The van der Waals surface area contributed by atoms with Crippen molar-refractivity contribution in [2.45, 2.75) is 13.0 Å². The molecule has 5 heteroatoms. The summed E-state index contributed by atoms with van der Waals surface area (Å²) in [5, 5.41) is 3.15. The van der Waals surface area contributed by atoms with E-state index in [0.29, 0.717) is 25.7 Å². The average molecular weight is 230 g/mol. The monoisotopic (exact) mass is 230 g/mol. The Bertz CT molecular complexity index is 395. The van der Waals surface area contributed by atoms with Crippen molar-refractivity contribution < 1.29 is 13.2 Å². The van der Waals surface area contributed by atoms with Crippen molar-refractivity contribution in [1.82, 2.24) is 5.32 Å². The maximum Gasteiger partial charge on any atom is 0.161 e. The lowest BCUT2D eigenvalue weighted by molar-refractivity contribution is 0.473. The Labute approximate surface area is 92.1 Å². The highest BCUT2D eigenvalue weighted by Crippen LogP contribution is 2.24. The van der Waals surface area contributed by atoms with E-state index in [4.69, 9.17) is 0 Å². The van der Waals surface area contributed by atoms with Crippen LogP contribution in [0.3, 0.4) is 0 Å². The van der Waals surface area contributed by atoms with E-state index in [1.54, 1.807) is 4.90 Å². The van der Waals surface area contributed by atoms with E-state index in [2.05, 4.69) is 5.32 Å². The molecule has 1 aromatic rings. The van der Waals surface area contributed by atoms with Gasteiger partial charge in [-0.1, -0.05) is 0 Å². The van der Waals surface area contributed by atoms with Gasteiger partial charge in [0.05, 0.1) is 5.69 Å². The molecule has 1 atom stereocenters. The van der Waals surface area contributed by atoms with Gasteiger partial charge >= 0.3 is 0 Å². The van der Waals surface area contributed by atoms with Gasteiger partial charge in [-0.25, -0.2) is 13.2 Å². The number of hydrogen-bond acceptors (Lipinski definition) is 2. The van der Waals surface area contributed by atoms with Crippen molar-refractivity contribution in [2.75, 3.05) is 24.5 Å². The van der Waals surface area contributed by atoms with Gasteiger partial charge < -0.3 is 10.2 Å². The van der Waals surface area contributed by atoms with E-state index in [0.717, 1.165) is 6.07 Å². The smallest absolute Gasteiger partial charge is 0.161 e. The summed E-state index contributed by atoms with van der Waals surface area (Å²) in [7, 11) is 0. The zero-order chi connectivity index (χ0) is 11.7. The molecule has 2 rings (SSSR count). The fourth-order valence-corrected chi connectivity index (χ4v) is 1.93. The number of rotatable bonds is 1. The predicted molar refractivity (Wildman–Crippen MR) is 56.0 cm³/mol. The van der Waals surface area contributed by atoms with E-state index >= 15 is 0 Å². The van der Waals surface area contributed by atoms with Crippen LogP contribution < -0.4 is 10.2 Å². The Morgan fingerprint density at radius 3 is 2.56 bits per heavy atom. The second-order valence-electron chi connectivity index (χ2n) is 3.96. The van der Waals surface area contributed by atoms with Crippen LogP contribution in [-0.2, 0) is 0 Å². The number of halogens is 3. The van der Waals surface area contributed by atoms with Gasteiger partial charge in [0.25, 0.3) is 0 Å². The van der Waals surface area contributed by atoms with Gasteiger partial charge in [-0.3, -0.25) is 0 Å². The molecule has 0 amide bonds. The van der Waals surface area contributed by atoms with Crippen LogP contribution in [0.15, 0.2) is 12.1 Å². The highest BCUT2D eigenvalue weighted by atomic mass is 19.2. The standard InChI is InChI=1S/C11H13F3N2/c1-7-6-15-2-3-16(7)11-5-9(13)8(12)4-10(11)14/h4-5,7,15H,2-3,6H2,1H3. The molecule has 1 N–H and O–H groups in total. The molecule has 1 unspecified atom stereocenters. The molecule has 1 saturated heterocycles. The van der Waals surface area contributed by atoms with Gasteiger partial charge in [0.15, 0.2) is 11.6 Å². The molecule has 1 aliphatic heterocycles. The second-order valence-corrected chi connectivity index (χ2v) is 3.96. The number of nitrogens with one attached hydrogen (secondary N) is 1. The van der Waals surface area contributed by atoms with Gasteiger partial charge in [0, 0.05) is 37.8 Å². The molecular weight excluding hydrogens is 217 g/mol. The molecule has 1 aliphatic rings. The summed E-state index contributed by atoms with van der Waals surface area (Å²) >= 11 is 0. The van der Waals surface area contributed by atoms with Crippen molar-refractivity contribution in [2.24, 2.45) is 0 Å². The molecule has 16 heavy (non-hydrogen) atoms. The summed E-state index contributed by atoms with van der Waals surface area (Å²) in [5.74, 6) is -2.88. The van der Waals surface area contributed by atoms with Crippen LogP contribution in [0.2, 0.25) is 0 Å². The van der Waals surface area contributed by atoms with Gasteiger partial charge in [0.1, 0.15) is 5.82 Å². The summed E-state index contributed by atoms with van der Waals surface area (Å²) in [5.41, 5.74) is 0.132. The quantitative estimate of drug-likeness (QED) is 0.741. The zero-order valence-corrected chi connectivity index (χ0v) is 8.93. The van der Waals surface area contributed by atoms with Crippen molar-refractivity contribution >= 4 is 5.69 Å². The van der Waals surface area contributed by atoms with Gasteiger partial charge in [-0.2, -0.15) is 0 Å². The minimum Gasteiger partial charge on any atom is -0.364 e. The van der Waals surface area contributed by atoms with Crippen molar-refractivity contribution in [3.8, 4) is 0 Å². The van der Waals surface area contributed by atoms with Crippen LogP contribution in [0.1, 0.15) is 6.92 Å². The number of anilines is 1. The third kappa shape index (κ3) is 2.00. The van der Waals surface area contributed by atoms with Crippen LogP contribution in [-0.4, -0.2) is 25.7 Å². The summed E-state index contributed by atoms with van der Waals surface area (Å²) in [6.07, 6.45) is 0.